The summed E-state index contributed by atoms with van der Waals surface area (Å²) in [6.07, 6.45) is 4.11. The third-order valence-electron chi connectivity index (χ3n) is 4.57. The molecule has 4 heteroatoms. The Labute approximate surface area is 126 Å². The van der Waals surface area contributed by atoms with Crippen LogP contribution in [-0.2, 0) is 12.8 Å². The first-order chi connectivity index (χ1) is 10.2. The van der Waals surface area contributed by atoms with Gasteiger partial charge in [-0.05, 0) is 75.5 Å². The maximum Gasteiger partial charge on any atom is 0.251 e. The molecule has 114 valence electrons. The Morgan fingerprint density at radius 3 is 2.81 bits per heavy atom. The number of benzene rings is 1. The van der Waals surface area contributed by atoms with Crippen LogP contribution in [0.3, 0.4) is 0 Å². The number of hydrogen-bond donors (Lipinski definition) is 3. The molecule has 0 aromatic heterocycles. The second-order valence-corrected chi connectivity index (χ2v) is 6.28. The molecular weight excluding hydrogens is 262 g/mol. The number of amides is 1. The number of carbonyl (C=O) groups is 1. The van der Waals surface area contributed by atoms with Crippen molar-refractivity contribution in [1.82, 2.24) is 16.0 Å². The fourth-order valence-electron chi connectivity index (χ4n) is 3.35. The lowest BCUT2D eigenvalue weighted by Crippen LogP contribution is -2.46. The van der Waals surface area contributed by atoms with E-state index >= 15 is 0 Å². The fraction of sp³-hybridized carbons (Fsp3) is 0.588. The summed E-state index contributed by atoms with van der Waals surface area (Å²) in [7, 11) is 0. The lowest BCUT2D eigenvalue weighted by atomic mass is 9.98. The second kappa shape index (κ2) is 6.58. The van der Waals surface area contributed by atoms with Gasteiger partial charge in [0, 0.05) is 17.6 Å². The maximum atomic E-state index is 12.4. The van der Waals surface area contributed by atoms with Crippen LogP contribution in [0.5, 0.6) is 0 Å². The van der Waals surface area contributed by atoms with E-state index in [1.54, 1.807) is 0 Å². The number of fused-ring (bicyclic) bond motifs is 1. The van der Waals surface area contributed by atoms with Crippen LogP contribution in [-0.4, -0.2) is 37.6 Å². The van der Waals surface area contributed by atoms with Crippen LogP contribution in [0, 0.1) is 0 Å². The summed E-state index contributed by atoms with van der Waals surface area (Å²) in [6, 6.07) is 6.98. The van der Waals surface area contributed by atoms with E-state index in [4.69, 9.17) is 0 Å². The van der Waals surface area contributed by atoms with Gasteiger partial charge in [-0.3, -0.25) is 4.79 Å². The van der Waals surface area contributed by atoms with Crippen molar-refractivity contribution >= 4 is 5.91 Å². The monoisotopic (exact) mass is 287 g/mol. The van der Waals surface area contributed by atoms with E-state index < -0.39 is 0 Å². The summed E-state index contributed by atoms with van der Waals surface area (Å²) in [5.74, 6) is 0.0779. The molecule has 1 saturated heterocycles. The van der Waals surface area contributed by atoms with Crippen LogP contribution in [0.2, 0.25) is 0 Å². The molecule has 3 N–H and O–H groups in total. The van der Waals surface area contributed by atoms with Gasteiger partial charge in [0.05, 0.1) is 0 Å². The fourth-order valence-corrected chi connectivity index (χ4v) is 3.35. The van der Waals surface area contributed by atoms with Gasteiger partial charge in [0.1, 0.15) is 0 Å². The number of nitrogens with one attached hydrogen (secondary N) is 3. The molecule has 4 nitrogen and oxygen atoms in total. The third-order valence-corrected chi connectivity index (χ3v) is 4.57. The van der Waals surface area contributed by atoms with Gasteiger partial charge in [-0.25, -0.2) is 0 Å². The lowest BCUT2D eigenvalue weighted by Gasteiger charge is -2.28. The van der Waals surface area contributed by atoms with E-state index in [1.807, 2.05) is 6.07 Å². The summed E-state index contributed by atoms with van der Waals surface area (Å²) in [5, 5.41) is 10.0. The van der Waals surface area contributed by atoms with Crippen LogP contribution in [0.4, 0.5) is 0 Å². The van der Waals surface area contributed by atoms with Gasteiger partial charge >= 0.3 is 0 Å². The lowest BCUT2D eigenvalue weighted by molar-refractivity contribution is 0.0925. The number of hydrogen-bond acceptors (Lipinski definition) is 3. The van der Waals surface area contributed by atoms with E-state index in [0.29, 0.717) is 12.1 Å². The average Bonchev–Trinajstić information content (AvgIpc) is 2.71. The standard InChI is InChI=1S/C17H25N3O/c1-12-10-16(6-9-19-12)20-17(21)15-3-2-13-4-7-18-8-5-14(13)11-15/h2-3,11-12,16,18-19H,4-10H2,1H3,(H,20,21)/t12-,16-/m0/s1. The molecule has 1 amide bonds. The SMILES string of the molecule is C[C@H]1C[C@@H](NC(=O)c2ccc3c(c2)CCNCC3)CCN1. The maximum absolute atomic E-state index is 12.4. The molecule has 1 aromatic rings. The molecule has 3 rings (SSSR count). The van der Waals surface area contributed by atoms with Crippen LogP contribution in [0.25, 0.3) is 0 Å². The molecule has 0 radical (unpaired) electrons. The zero-order chi connectivity index (χ0) is 14.7. The molecule has 2 atom stereocenters. The van der Waals surface area contributed by atoms with Crippen molar-refractivity contribution in [1.29, 1.82) is 0 Å². The first-order valence-corrected chi connectivity index (χ1v) is 8.09. The topological polar surface area (TPSA) is 53.2 Å². The van der Waals surface area contributed by atoms with Crippen molar-refractivity contribution in [2.24, 2.45) is 0 Å². The summed E-state index contributed by atoms with van der Waals surface area (Å²) >= 11 is 0. The summed E-state index contributed by atoms with van der Waals surface area (Å²) in [4.78, 5) is 12.4. The largest absolute Gasteiger partial charge is 0.349 e. The van der Waals surface area contributed by atoms with E-state index in [2.05, 4.69) is 35.0 Å². The van der Waals surface area contributed by atoms with Crippen LogP contribution in [0.1, 0.15) is 41.3 Å². The number of piperidine rings is 1. The normalized spacial score (nSPS) is 25.8. The Hall–Kier alpha value is -1.39. The van der Waals surface area contributed by atoms with Crippen molar-refractivity contribution in [2.45, 2.75) is 44.7 Å². The van der Waals surface area contributed by atoms with Crippen molar-refractivity contribution in [3.8, 4) is 0 Å². The first kappa shape index (κ1) is 14.5. The molecule has 0 aliphatic carbocycles. The van der Waals surface area contributed by atoms with Crippen molar-refractivity contribution in [2.75, 3.05) is 19.6 Å². The molecule has 1 aromatic carbocycles. The quantitative estimate of drug-likeness (QED) is 0.767. The van der Waals surface area contributed by atoms with E-state index in [1.165, 1.54) is 11.1 Å². The minimum absolute atomic E-state index is 0.0779. The van der Waals surface area contributed by atoms with Crippen LogP contribution in [0.15, 0.2) is 18.2 Å². The van der Waals surface area contributed by atoms with Crippen molar-refractivity contribution in [3.05, 3.63) is 34.9 Å². The molecule has 0 bridgehead atoms. The first-order valence-electron chi connectivity index (χ1n) is 8.09. The zero-order valence-corrected chi connectivity index (χ0v) is 12.7. The zero-order valence-electron chi connectivity index (χ0n) is 12.7. The summed E-state index contributed by atoms with van der Waals surface area (Å²) < 4.78 is 0. The Bertz CT molecular complexity index is 515. The Kier molecular flexibility index (Phi) is 4.56. The van der Waals surface area contributed by atoms with E-state index in [0.717, 1.165) is 50.9 Å². The highest BCUT2D eigenvalue weighted by molar-refractivity contribution is 5.94. The van der Waals surface area contributed by atoms with Crippen molar-refractivity contribution in [3.63, 3.8) is 0 Å². The number of rotatable bonds is 2. The highest BCUT2D eigenvalue weighted by atomic mass is 16.1. The molecule has 1 fully saturated rings. The average molecular weight is 287 g/mol. The van der Waals surface area contributed by atoms with Gasteiger partial charge in [0.25, 0.3) is 5.91 Å². The third kappa shape index (κ3) is 3.63. The van der Waals surface area contributed by atoms with Crippen molar-refractivity contribution < 1.29 is 4.79 Å². The van der Waals surface area contributed by atoms with E-state index in [-0.39, 0.29) is 5.91 Å². The van der Waals surface area contributed by atoms with Crippen LogP contribution < -0.4 is 16.0 Å². The molecule has 0 saturated carbocycles. The van der Waals surface area contributed by atoms with Gasteiger partial charge in [-0.15, -0.1) is 0 Å². The highest BCUT2D eigenvalue weighted by Gasteiger charge is 2.21. The smallest absolute Gasteiger partial charge is 0.251 e. The molecule has 2 aliphatic rings. The summed E-state index contributed by atoms with van der Waals surface area (Å²) in [5.41, 5.74) is 3.51. The Balaban J connectivity index is 1.68. The molecule has 0 unspecified atom stereocenters. The van der Waals surface area contributed by atoms with Gasteiger partial charge in [0.15, 0.2) is 0 Å². The minimum atomic E-state index is 0.0779. The predicted octanol–water partition coefficient (Wildman–Crippen LogP) is 1.25. The molecule has 0 spiro atoms. The number of carbonyl (C=O) groups excluding carboxylic acids is 1. The highest BCUT2D eigenvalue weighted by Crippen LogP contribution is 2.16. The van der Waals surface area contributed by atoms with Crippen LogP contribution >= 0.6 is 0 Å². The predicted molar refractivity (Wildman–Crippen MR) is 84.7 cm³/mol. The minimum Gasteiger partial charge on any atom is -0.349 e. The molecule has 21 heavy (non-hydrogen) atoms. The van der Waals surface area contributed by atoms with E-state index in [9.17, 15) is 4.79 Å². The molecule has 2 heterocycles. The van der Waals surface area contributed by atoms with Gasteiger partial charge in [0.2, 0.25) is 0 Å². The Morgan fingerprint density at radius 2 is 2.00 bits per heavy atom. The second-order valence-electron chi connectivity index (χ2n) is 6.28. The van der Waals surface area contributed by atoms with Gasteiger partial charge in [-0.1, -0.05) is 6.07 Å². The Morgan fingerprint density at radius 1 is 1.19 bits per heavy atom. The molecular formula is C17H25N3O. The summed E-state index contributed by atoms with van der Waals surface area (Å²) in [6.45, 7) is 5.20. The molecule has 2 aliphatic heterocycles. The van der Waals surface area contributed by atoms with Gasteiger partial charge in [-0.2, -0.15) is 0 Å². The van der Waals surface area contributed by atoms with Gasteiger partial charge < -0.3 is 16.0 Å².